The summed E-state index contributed by atoms with van der Waals surface area (Å²) in [5, 5.41) is 8.73. The molecule has 3 N–H and O–H groups in total. The Labute approximate surface area is 198 Å². The zero-order valence-electron chi connectivity index (χ0n) is 18.6. The zero-order chi connectivity index (χ0) is 25.4. The number of methoxy groups -OCH3 is 2. The van der Waals surface area contributed by atoms with Gasteiger partial charge >= 0.3 is 12.2 Å². The predicted molar refractivity (Wildman–Crippen MR) is 125 cm³/mol. The molecule has 35 heavy (non-hydrogen) atoms. The van der Waals surface area contributed by atoms with Gasteiger partial charge in [-0.2, -0.15) is 18.3 Å². The zero-order valence-corrected chi connectivity index (χ0v) is 18.6. The molecule has 182 valence electrons. The molecule has 0 aliphatic heterocycles. The minimum absolute atomic E-state index is 0.0133. The molecule has 8 nitrogen and oxygen atoms in total. The number of nitrogens with zero attached hydrogens (tertiary/aromatic N) is 1. The van der Waals surface area contributed by atoms with E-state index >= 15 is 0 Å². The normalized spacial score (nSPS) is 11.1. The van der Waals surface area contributed by atoms with Crippen molar-refractivity contribution < 1.29 is 32.2 Å². The fraction of sp³-hybridized carbons (Fsp3) is 0.125. The molecule has 3 aromatic rings. The molecule has 3 aromatic carbocycles. The van der Waals surface area contributed by atoms with Gasteiger partial charge in [-0.15, -0.1) is 0 Å². The van der Waals surface area contributed by atoms with Crippen molar-refractivity contribution in [2.45, 2.75) is 6.18 Å². The number of urea groups is 1. The molecule has 0 bridgehead atoms. The van der Waals surface area contributed by atoms with Crippen molar-refractivity contribution in [3.63, 3.8) is 0 Å². The monoisotopic (exact) mass is 486 g/mol. The molecule has 11 heteroatoms. The number of halogens is 3. The lowest BCUT2D eigenvalue weighted by molar-refractivity contribution is -0.137. The van der Waals surface area contributed by atoms with Crippen molar-refractivity contribution in [2.75, 3.05) is 24.9 Å². The second kappa shape index (κ2) is 11.1. The lowest BCUT2D eigenvalue weighted by atomic mass is 10.2. The van der Waals surface area contributed by atoms with Crippen molar-refractivity contribution in [1.29, 1.82) is 0 Å². The second-order valence-electron chi connectivity index (χ2n) is 7.05. The number of nitrogens with one attached hydrogen (secondary N) is 3. The molecule has 0 fully saturated rings. The third-order valence-electron chi connectivity index (χ3n) is 4.64. The van der Waals surface area contributed by atoms with Gasteiger partial charge in [0, 0.05) is 16.9 Å². The van der Waals surface area contributed by atoms with Gasteiger partial charge in [-0.3, -0.25) is 4.79 Å². The third kappa shape index (κ3) is 6.97. The van der Waals surface area contributed by atoms with Crippen LogP contribution in [0.4, 0.5) is 29.3 Å². The number of carbonyl (C=O) groups is 2. The lowest BCUT2D eigenvalue weighted by Gasteiger charge is -2.11. The van der Waals surface area contributed by atoms with Gasteiger partial charge < -0.3 is 20.1 Å². The van der Waals surface area contributed by atoms with Gasteiger partial charge in [0.25, 0.3) is 5.91 Å². The highest BCUT2D eigenvalue weighted by Gasteiger charge is 2.30. The van der Waals surface area contributed by atoms with Crippen molar-refractivity contribution in [1.82, 2.24) is 5.43 Å². The highest BCUT2D eigenvalue weighted by atomic mass is 19.4. The molecule has 0 saturated carbocycles. The number of benzene rings is 3. The van der Waals surface area contributed by atoms with Crippen molar-refractivity contribution in [3.8, 4) is 11.5 Å². The smallest absolute Gasteiger partial charge is 0.416 e. The van der Waals surface area contributed by atoms with Crippen LogP contribution in [0.15, 0.2) is 71.8 Å². The van der Waals surface area contributed by atoms with E-state index in [9.17, 15) is 22.8 Å². The van der Waals surface area contributed by atoms with Gasteiger partial charge in [0.05, 0.1) is 26.0 Å². The van der Waals surface area contributed by atoms with Crippen molar-refractivity contribution in [2.24, 2.45) is 5.10 Å². The van der Waals surface area contributed by atoms with Gasteiger partial charge in [-0.1, -0.05) is 6.07 Å². The Morgan fingerprint density at radius 1 is 0.857 bits per heavy atom. The molecule has 0 saturated heterocycles. The number of hydrogen-bond acceptors (Lipinski definition) is 5. The Kier molecular flexibility index (Phi) is 7.92. The molecule has 3 amide bonds. The van der Waals surface area contributed by atoms with Gasteiger partial charge in [0.1, 0.15) is 0 Å². The molecule has 3 rings (SSSR count). The fourth-order valence-electron chi connectivity index (χ4n) is 2.93. The van der Waals surface area contributed by atoms with Crippen molar-refractivity contribution in [3.05, 3.63) is 83.4 Å². The first kappa shape index (κ1) is 25.1. The van der Waals surface area contributed by atoms with E-state index in [0.717, 1.165) is 12.1 Å². The highest BCUT2D eigenvalue weighted by Crippen LogP contribution is 2.30. The van der Waals surface area contributed by atoms with E-state index < -0.39 is 23.7 Å². The molecule has 0 heterocycles. The number of anilines is 2. The summed E-state index contributed by atoms with van der Waals surface area (Å²) in [5.74, 6) is 0.593. The molecule has 0 aliphatic carbocycles. The number of carbonyl (C=O) groups excluding carboxylic acids is 2. The van der Waals surface area contributed by atoms with Crippen LogP contribution in [0.5, 0.6) is 11.5 Å². The van der Waals surface area contributed by atoms with Crippen LogP contribution in [0.25, 0.3) is 0 Å². The summed E-state index contributed by atoms with van der Waals surface area (Å²) in [6, 6.07) is 14.5. The Balaban J connectivity index is 1.55. The number of alkyl halides is 3. The van der Waals surface area contributed by atoms with Gasteiger partial charge in [-0.25, -0.2) is 10.2 Å². The summed E-state index contributed by atoms with van der Waals surface area (Å²) in [7, 11) is 3.03. The summed E-state index contributed by atoms with van der Waals surface area (Å²) in [6.07, 6.45) is -3.08. The standard InChI is InChI=1S/C24H21F3N4O4/c1-34-20-11-6-15(12-21(20)35-2)14-28-31-22(32)16-7-9-18(10-8-16)29-23(33)30-19-5-3-4-17(13-19)24(25,26)27/h3-14H,1-2H3,(H,31,32)(H2,29,30,33)/b28-14-. The van der Waals surface area contributed by atoms with Crippen LogP contribution in [0.3, 0.4) is 0 Å². The number of hydrogen-bond donors (Lipinski definition) is 3. The first-order chi connectivity index (χ1) is 16.7. The van der Waals surface area contributed by atoms with Gasteiger partial charge in [-0.05, 0) is 66.2 Å². The minimum atomic E-state index is -4.52. The number of ether oxygens (including phenoxy) is 2. The first-order valence-electron chi connectivity index (χ1n) is 10.1. The minimum Gasteiger partial charge on any atom is -0.493 e. The second-order valence-corrected chi connectivity index (χ2v) is 7.05. The van der Waals surface area contributed by atoms with Crippen LogP contribution in [-0.2, 0) is 6.18 Å². The van der Waals surface area contributed by atoms with Crippen LogP contribution in [0, 0.1) is 0 Å². The first-order valence-corrected chi connectivity index (χ1v) is 10.1. The van der Waals surface area contributed by atoms with E-state index in [-0.39, 0.29) is 11.3 Å². The van der Waals surface area contributed by atoms with E-state index in [1.807, 2.05) is 0 Å². The molecule has 0 atom stereocenters. The van der Waals surface area contributed by atoms with E-state index in [0.29, 0.717) is 22.7 Å². The van der Waals surface area contributed by atoms with Crippen LogP contribution < -0.4 is 25.5 Å². The maximum Gasteiger partial charge on any atom is 0.416 e. The summed E-state index contributed by atoms with van der Waals surface area (Å²) in [4.78, 5) is 24.4. The number of hydrazone groups is 1. The number of rotatable bonds is 7. The Morgan fingerprint density at radius 3 is 2.20 bits per heavy atom. The molecule has 0 aromatic heterocycles. The lowest BCUT2D eigenvalue weighted by Crippen LogP contribution is -2.20. The quantitative estimate of drug-likeness (QED) is 0.318. The van der Waals surface area contributed by atoms with E-state index in [4.69, 9.17) is 9.47 Å². The highest BCUT2D eigenvalue weighted by molar-refractivity contribution is 6.00. The molecule has 0 radical (unpaired) electrons. The van der Waals surface area contributed by atoms with E-state index in [2.05, 4.69) is 21.2 Å². The van der Waals surface area contributed by atoms with Crippen molar-refractivity contribution >= 4 is 29.5 Å². The average Bonchev–Trinajstić information content (AvgIpc) is 2.83. The van der Waals surface area contributed by atoms with Crippen LogP contribution in [0.1, 0.15) is 21.5 Å². The van der Waals surface area contributed by atoms with Crippen LogP contribution in [0.2, 0.25) is 0 Å². The summed E-state index contributed by atoms with van der Waals surface area (Å²) >= 11 is 0. The Morgan fingerprint density at radius 2 is 1.54 bits per heavy atom. The Hall–Kier alpha value is -4.54. The molecular formula is C24H21F3N4O4. The molecular weight excluding hydrogens is 465 g/mol. The van der Waals surface area contributed by atoms with Gasteiger partial charge in [0.15, 0.2) is 11.5 Å². The Bertz CT molecular complexity index is 1230. The molecule has 0 spiro atoms. The SMILES string of the molecule is COc1ccc(/C=N\NC(=O)c2ccc(NC(=O)Nc3cccc(C(F)(F)F)c3)cc2)cc1OC. The summed E-state index contributed by atoms with van der Waals surface area (Å²) < 4.78 is 48.8. The topological polar surface area (TPSA) is 101 Å². The van der Waals surface area contributed by atoms with Crippen LogP contribution >= 0.6 is 0 Å². The third-order valence-corrected chi connectivity index (χ3v) is 4.64. The van der Waals surface area contributed by atoms with E-state index in [1.54, 1.807) is 18.2 Å². The maximum absolute atomic E-state index is 12.8. The maximum atomic E-state index is 12.8. The molecule has 0 unspecified atom stereocenters. The molecule has 0 aliphatic rings. The van der Waals surface area contributed by atoms with E-state index in [1.165, 1.54) is 56.8 Å². The average molecular weight is 486 g/mol. The largest absolute Gasteiger partial charge is 0.493 e. The fourth-order valence-corrected chi connectivity index (χ4v) is 2.93. The summed E-state index contributed by atoms with van der Waals surface area (Å²) in [5.41, 5.74) is 2.79. The predicted octanol–water partition coefficient (Wildman–Crippen LogP) is 5.13. The van der Waals surface area contributed by atoms with Crippen LogP contribution in [-0.4, -0.2) is 32.4 Å². The summed E-state index contributed by atoms with van der Waals surface area (Å²) in [6.45, 7) is 0. The number of amides is 3. The van der Waals surface area contributed by atoms with Gasteiger partial charge in [0.2, 0.25) is 0 Å².